The van der Waals surface area contributed by atoms with Gasteiger partial charge in [-0.15, -0.1) is 0 Å². The Hall–Kier alpha value is -1.40. The lowest BCUT2D eigenvalue weighted by Crippen LogP contribution is -2.46. The number of nitrogens with zero attached hydrogens (tertiary/aromatic N) is 1. The molecule has 5 nitrogen and oxygen atoms in total. The molecule has 23 heavy (non-hydrogen) atoms. The van der Waals surface area contributed by atoms with E-state index in [-0.39, 0.29) is 22.9 Å². The van der Waals surface area contributed by atoms with Gasteiger partial charge in [-0.25, -0.2) is 8.42 Å². The number of rotatable bonds is 6. The lowest BCUT2D eigenvalue weighted by atomic mass is 9.99. The molecule has 0 aromatic heterocycles. The van der Waals surface area contributed by atoms with Crippen molar-refractivity contribution in [1.29, 1.82) is 0 Å². The topological polar surface area (TPSA) is 66.5 Å². The van der Waals surface area contributed by atoms with Crippen molar-refractivity contribution in [3.8, 4) is 0 Å². The number of benzene rings is 1. The molecule has 0 bridgehead atoms. The summed E-state index contributed by atoms with van der Waals surface area (Å²) >= 11 is 0. The van der Waals surface area contributed by atoms with Gasteiger partial charge < -0.3 is 5.32 Å². The van der Waals surface area contributed by atoms with Crippen molar-refractivity contribution < 1.29 is 13.2 Å². The molecular formula is C17H28N2O3S. The molecule has 0 aliphatic heterocycles. The van der Waals surface area contributed by atoms with E-state index in [9.17, 15) is 13.2 Å². The van der Waals surface area contributed by atoms with E-state index in [1.54, 1.807) is 12.1 Å². The molecule has 1 amide bonds. The molecule has 0 aliphatic carbocycles. The standard InChI is InChI=1S/C17H28N2O3S/c1-7-13(2)14-8-10-15(11-9-14)23(21,22)19(6)12-16(20)18-17(3,4)5/h8-11,13H,7,12H2,1-6H3,(H,18,20). The van der Waals surface area contributed by atoms with E-state index >= 15 is 0 Å². The largest absolute Gasteiger partial charge is 0.350 e. The molecule has 0 saturated carbocycles. The van der Waals surface area contributed by atoms with E-state index in [1.165, 1.54) is 7.05 Å². The van der Waals surface area contributed by atoms with Gasteiger partial charge in [0.15, 0.2) is 0 Å². The lowest BCUT2D eigenvalue weighted by Gasteiger charge is -2.23. The van der Waals surface area contributed by atoms with Gasteiger partial charge in [0.25, 0.3) is 0 Å². The Morgan fingerprint density at radius 2 is 1.74 bits per heavy atom. The van der Waals surface area contributed by atoms with E-state index in [1.807, 2.05) is 32.9 Å². The molecule has 1 unspecified atom stereocenters. The average molecular weight is 340 g/mol. The van der Waals surface area contributed by atoms with Crippen LogP contribution in [-0.4, -0.2) is 37.8 Å². The quantitative estimate of drug-likeness (QED) is 0.866. The molecule has 1 N–H and O–H groups in total. The van der Waals surface area contributed by atoms with Crippen LogP contribution in [0.25, 0.3) is 0 Å². The fourth-order valence-electron chi connectivity index (χ4n) is 2.13. The Balaban J connectivity index is 2.87. The zero-order chi connectivity index (χ0) is 17.8. The molecule has 0 aliphatic rings. The van der Waals surface area contributed by atoms with Crippen LogP contribution in [0.15, 0.2) is 29.2 Å². The molecule has 0 heterocycles. The smallest absolute Gasteiger partial charge is 0.243 e. The first kappa shape index (κ1) is 19.6. The van der Waals surface area contributed by atoms with Crippen LogP contribution >= 0.6 is 0 Å². The van der Waals surface area contributed by atoms with Crippen LogP contribution in [0.1, 0.15) is 52.5 Å². The molecule has 130 valence electrons. The van der Waals surface area contributed by atoms with Crippen molar-refractivity contribution in [2.75, 3.05) is 13.6 Å². The van der Waals surface area contributed by atoms with Gasteiger partial charge in [-0.2, -0.15) is 4.31 Å². The SMILES string of the molecule is CCC(C)c1ccc(S(=O)(=O)N(C)CC(=O)NC(C)(C)C)cc1. The zero-order valence-electron chi connectivity index (χ0n) is 14.9. The highest BCUT2D eigenvalue weighted by atomic mass is 32.2. The summed E-state index contributed by atoms with van der Waals surface area (Å²) in [6.45, 7) is 9.56. The summed E-state index contributed by atoms with van der Waals surface area (Å²) in [5.74, 6) is 0.0712. The third-order valence-electron chi connectivity index (χ3n) is 3.65. The second kappa shape index (κ2) is 7.45. The number of nitrogens with one attached hydrogen (secondary N) is 1. The summed E-state index contributed by atoms with van der Waals surface area (Å²) < 4.78 is 26.1. The van der Waals surface area contributed by atoms with Crippen LogP contribution in [0.2, 0.25) is 0 Å². The summed E-state index contributed by atoms with van der Waals surface area (Å²) in [5, 5.41) is 2.76. The number of amides is 1. The molecular weight excluding hydrogens is 312 g/mol. The first-order valence-electron chi connectivity index (χ1n) is 7.84. The first-order chi connectivity index (χ1) is 10.5. The van der Waals surface area contributed by atoms with E-state index in [2.05, 4.69) is 19.2 Å². The molecule has 0 fully saturated rings. The molecule has 1 aromatic rings. The molecule has 0 radical (unpaired) electrons. The van der Waals surface area contributed by atoms with Crippen molar-refractivity contribution in [3.05, 3.63) is 29.8 Å². The van der Waals surface area contributed by atoms with Gasteiger partial charge in [0.05, 0.1) is 11.4 Å². The van der Waals surface area contributed by atoms with Crippen molar-refractivity contribution in [1.82, 2.24) is 9.62 Å². The van der Waals surface area contributed by atoms with Crippen molar-refractivity contribution in [3.63, 3.8) is 0 Å². The second-order valence-electron chi connectivity index (χ2n) is 6.94. The number of hydrogen-bond acceptors (Lipinski definition) is 3. The second-order valence-corrected chi connectivity index (χ2v) is 8.98. The van der Waals surface area contributed by atoms with Crippen molar-refractivity contribution >= 4 is 15.9 Å². The van der Waals surface area contributed by atoms with Crippen molar-refractivity contribution in [2.45, 2.75) is 57.4 Å². The molecule has 0 saturated heterocycles. The average Bonchev–Trinajstić information content (AvgIpc) is 2.44. The van der Waals surface area contributed by atoms with Gasteiger partial charge >= 0.3 is 0 Å². The van der Waals surface area contributed by atoms with E-state index < -0.39 is 10.0 Å². The van der Waals surface area contributed by atoms with Gasteiger partial charge in [-0.05, 0) is 50.8 Å². The molecule has 1 rings (SSSR count). The summed E-state index contributed by atoms with van der Waals surface area (Å²) in [6, 6.07) is 6.89. The summed E-state index contributed by atoms with van der Waals surface area (Å²) in [5.41, 5.74) is 0.721. The van der Waals surface area contributed by atoms with Crippen LogP contribution in [-0.2, 0) is 14.8 Å². The van der Waals surface area contributed by atoms with E-state index in [0.717, 1.165) is 16.3 Å². The zero-order valence-corrected chi connectivity index (χ0v) is 15.7. The van der Waals surface area contributed by atoms with Gasteiger partial charge in [-0.1, -0.05) is 26.0 Å². The Morgan fingerprint density at radius 3 is 2.17 bits per heavy atom. The lowest BCUT2D eigenvalue weighted by molar-refractivity contribution is -0.122. The first-order valence-corrected chi connectivity index (χ1v) is 9.28. The number of sulfonamides is 1. The van der Waals surface area contributed by atoms with Gasteiger partial charge in [-0.3, -0.25) is 4.79 Å². The van der Waals surface area contributed by atoms with E-state index in [0.29, 0.717) is 5.92 Å². The maximum Gasteiger partial charge on any atom is 0.243 e. The minimum absolute atomic E-state index is 0.202. The Bertz CT molecular complexity index is 631. The summed E-state index contributed by atoms with van der Waals surface area (Å²) in [4.78, 5) is 12.1. The van der Waals surface area contributed by atoms with Crippen LogP contribution in [0.3, 0.4) is 0 Å². The highest BCUT2D eigenvalue weighted by Gasteiger charge is 2.24. The molecule has 0 spiro atoms. The highest BCUT2D eigenvalue weighted by Crippen LogP contribution is 2.21. The number of carbonyl (C=O) groups excluding carboxylic acids is 1. The van der Waals surface area contributed by atoms with E-state index in [4.69, 9.17) is 0 Å². The minimum atomic E-state index is -3.67. The van der Waals surface area contributed by atoms with Gasteiger partial charge in [0.1, 0.15) is 0 Å². The Kier molecular flexibility index (Phi) is 6.36. The molecule has 6 heteroatoms. The minimum Gasteiger partial charge on any atom is -0.350 e. The predicted molar refractivity (Wildman–Crippen MR) is 92.9 cm³/mol. The normalized spacial score (nSPS) is 13.9. The number of likely N-dealkylation sites (N-methyl/N-ethyl adjacent to an activating group) is 1. The fourth-order valence-corrected chi connectivity index (χ4v) is 3.26. The number of hydrogen-bond donors (Lipinski definition) is 1. The monoisotopic (exact) mass is 340 g/mol. The Morgan fingerprint density at radius 1 is 1.22 bits per heavy atom. The third-order valence-corrected chi connectivity index (χ3v) is 5.47. The number of carbonyl (C=O) groups is 1. The van der Waals surface area contributed by atoms with Gasteiger partial charge in [0.2, 0.25) is 15.9 Å². The summed E-state index contributed by atoms with van der Waals surface area (Å²) in [6.07, 6.45) is 0.999. The van der Waals surface area contributed by atoms with Crippen molar-refractivity contribution in [2.24, 2.45) is 0 Å². The van der Waals surface area contributed by atoms with Crippen LogP contribution in [0.5, 0.6) is 0 Å². The van der Waals surface area contributed by atoms with Crippen LogP contribution in [0.4, 0.5) is 0 Å². The Labute approximate surface area is 140 Å². The molecule has 1 atom stereocenters. The third kappa shape index (κ3) is 5.62. The maximum atomic E-state index is 12.5. The van der Waals surface area contributed by atoms with Crippen LogP contribution < -0.4 is 5.32 Å². The maximum absolute atomic E-state index is 12.5. The van der Waals surface area contributed by atoms with Gasteiger partial charge in [0, 0.05) is 12.6 Å². The summed E-state index contributed by atoms with van der Waals surface area (Å²) in [7, 11) is -2.25. The van der Waals surface area contributed by atoms with Crippen LogP contribution in [0, 0.1) is 0 Å². The fraction of sp³-hybridized carbons (Fsp3) is 0.588. The molecule has 1 aromatic carbocycles. The predicted octanol–water partition coefficient (Wildman–Crippen LogP) is 2.74. The highest BCUT2D eigenvalue weighted by molar-refractivity contribution is 7.89.